The summed E-state index contributed by atoms with van der Waals surface area (Å²) in [5, 5.41) is 48.9. The molecule has 5 N–H and O–H groups in total. The molecule has 0 bridgehead atoms. The lowest BCUT2D eigenvalue weighted by atomic mass is 9.89. The smallest absolute Gasteiger partial charge is 0.133 e. The number of aliphatic hydroxyl groups excluding tert-OH is 5. The maximum absolute atomic E-state index is 12.5. The number of aromatic nitrogens is 1. The monoisotopic (exact) mass is 695 g/mol. The first kappa shape index (κ1) is 37.4. The van der Waals surface area contributed by atoms with Crippen LogP contribution in [0.15, 0.2) is 60.9 Å². The number of carbonyl (C=O) groups is 1. The number of ketones is 1. The van der Waals surface area contributed by atoms with Crippen molar-refractivity contribution in [2.24, 2.45) is 5.92 Å². The van der Waals surface area contributed by atoms with Gasteiger partial charge in [-0.15, -0.1) is 0 Å². The second kappa shape index (κ2) is 17.4. The first-order valence-electron chi connectivity index (χ1n) is 17.6. The van der Waals surface area contributed by atoms with Crippen molar-refractivity contribution in [3.63, 3.8) is 0 Å². The highest BCUT2D eigenvalue weighted by atomic mass is 35.5. The van der Waals surface area contributed by atoms with Gasteiger partial charge in [-0.1, -0.05) is 61.7 Å². The lowest BCUT2D eigenvalue weighted by Gasteiger charge is -2.27. The molecule has 0 radical (unpaired) electrons. The molecule has 5 atom stereocenters. The summed E-state index contributed by atoms with van der Waals surface area (Å²) >= 11 is 6.67. The van der Waals surface area contributed by atoms with Gasteiger partial charge in [0.05, 0.1) is 31.0 Å². The van der Waals surface area contributed by atoms with Crippen LogP contribution in [-0.2, 0) is 21.7 Å². The predicted octanol–water partition coefficient (Wildman–Crippen LogP) is 5.85. The van der Waals surface area contributed by atoms with Crippen molar-refractivity contribution >= 4 is 17.4 Å². The Morgan fingerprint density at radius 2 is 1.76 bits per heavy atom. The summed E-state index contributed by atoms with van der Waals surface area (Å²) in [5.41, 5.74) is 4.92. The zero-order valence-electron chi connectivity index (χ0n) is 28.2. The molecular formula is C39H50ClNO8. The number of unbranched alkanes of at least 4 members (excludes halogenated alkanes) is 2. The Hall–Kier alpha value is -2.89. The SMILES string of the molecule is C[C@@H](CCCCCC(=O)C[C@@H](CO)[C@@H](O)[C@H](O)[C@H](O)CO)c1ccc(Cl)c(COC2(c3cnccc3-c3ccccc3OC3CC3)CC2)c1. The average molecular weight is 696 g/mol. The standard InChI is InChI=1S/C39H50ClNO8/c1-25(7-3-2-4-8-29(44)20-27(22-42)37(46)38(47)35(45)23-43)26-11-14-34(40)28(19-26)24-48-39(16-17-39)33-21-41-18-15-31(33)32-9-5-6-10-36(32)49-30-12-13-30/h5-6,9-11,14-15,18-19,21,25,27,30,35,37-38,42-43,45-47H,2-4,7-8,12-13,16-17,20,22-24H2,1H3/t25-,27-,35+,37+,38+/m0/s1. The molecule has 0 spiro atoms. The Kier molecular flexibility index (Phi) is 13.2. The van der Waals surface area contributed by atoms with Crippen molar-refractivity contribution < 1.29 is 39.8 Å². The number of benzene rings is 2. The summed E-state index contributed by atoms with van der Waals surface area (Å²) < 4.78 is 12.9. The molecule has 3 aromatic rings. The Morgan fingerprint density at radius 3 is 2.47 bits per heavy atom. The number of Topliss-reactive ketones (excluding diaryl/α,β-unsaturated/α-hetero) is 1. The maximum atomic E-state index is 12.5. The topological polar surface area (TPSA) is 150 Å². The number of para-hydroxylation sites is 1. The molecule has 10 heteroatoms. The quantitative estimate of drug-likeness (QED) is 0.0866. The van der Waals surface area contributed by atoms with Crippen LogP contribution in [0.2, 0.25) is 5.02 Å². The summed E-state index contributed by atoms with van der Waals surface area (Å²) in [5.74, 6) is 0.147. The van der Waals surface area contributed by atoms with Crippen LogP contribution in [0.1, 0.15) is 93.7 Å². The van der Waals surface area contributed by atoms with Gasteiger partial charge in [0.15, 0.2) is 0 Å². The molecule has 1 heterocycles. The van der Waals surface area contributed by atoms with Crippen molar-refractivity contribution in [2.45, 2.75) is 114 Å². The first-order chi connectivity index (χ1) is 23.7. The van der Waals surface area contributed by atoms with E-state index in [0.717, 1.165) is 72.9 Å². The van der Waals surface area contributed by atoms with Crippen LogP contribution in [0.25, 0.3) is 11.1 Å². The number of rotatable bonds is 21. The van der Waals surface area contributed by atoms with E-state index < -0.39 is 43.0 Å². The molecule has 0 amide bonds. The second-order valence-corrected chi connectivity index (χ2v) is 14.2. The summed E-state index contributed by atoms with van der Waals surface area (Å²) in [7, 11) is 0. The van der Waals surface area contributed by atoms with Gasteiger partial charge in [0.2, 0.25) is 0 Å². The lowest BCUT2D eigenvalue weighted by molar-refractivity contribution is -0.127. The number of pyridine rings is 1. The van der Waals surface area contributed by atoms with Gasteiger partial charge in [0.25, 0.3) is 0 Å². The van der Waals surface area contributed by atoms with Crippen molar-refractivity contribution in [3.8, 4) is 16.9 Å². The molecule has 2 aliphatic rings. The van der Waals surface area contributed by atoms with Crippen LogP contribution in [0.3, 0.4) is 0 Å². The maximum Gasteiger partial charge on any atom is 0.133 e. The third-order valence-corrected chi connectivity index (χ3v) is 10.3. The highest BCUT2D eigenvalue weighted by Crippen LogP contribution is 2.53. The Balaban J connectivity index is 1.12. The molecule has 266 valence electrons. The molecule has 0 aliphatic heterocycles. The molecule has 9 nitrogen and oxygen atoms in total. The number of nitrogens with zero attached hydrogens (tertiary/aromatic N) is 1. The van der Waals surface area contributed by atoms with E-state index in [2.05, 4.69) is 30.1 Å². The number of hydrogen-bond acceptors (Lipinski definition) is 9. The predicted molar refractivity (Wildman–Crippen MR) is 187 cm³/mol. The Labute approximate surface area is 293 Å². The van der Waals surface area contributed by atoms with Gasteiger partial charge in [-0.2, -0.15) is 0 Å². The van der Waals surface area contributed by atoms with E-state index in [-0.39, 0.29) is 18.1 Å². The summed E-state index contributed by atoms with van der Waals surface area (Å²) in [4.78, 5) is 17.0. The van der Waals surface area contributed by atoms with Crippen LogP contribution in [0.5, 0.6) is 5.75 Å². The summed E-state index contributed by atoms with van der Waals surface area (Å²) in [6.45, 7) is 1.33. The number of ether oxygens (including phenoxy) is 2. The van der Waals surface area contributed by atoms with Crippen molar-refractivity contribution in [3.05, 3.63) is 82.6 Å². The molecule has 0 unspecified atom stereocenters. The molecule has 5 rings (SSSR count). The van der Waals surface area contributed by atoms with E-state index in [1.54, 1.807) is 0 Å². The van der Waals surface area contributed by atoms with E-state index in [0.29, 0.717) is 30.6 Å². The van der Waals surface area contributed by atoms with Crippen molar-refractivity contribution in [1.82, 2.24) is 4.98 Å². The highest BCUT2D eigenvalue weighted by molar-refractivity contribution is 6.31. The van der Waals surface area contributed by atoms with Gasteiger partial charge in [0, 0.05) is 53.9 Å². The van der Waals surface area contributed by atoms with Gasteiger partial charge >= 0.3 is 0 Å². The Morgan fingerprint density at radius 1 is 0.980 bits per heavy atom. The zero-order chi connectivity index (χ0) is 35.0. The summed E-state index contributed by atoms with van der Waals surface area (Å²) in [6.07, 6.45) is 6.94. The van der Waals surface area contributed by atoms with Crippen molar-refractivity contribution in [1.29, 1.82) is 0 Å². The van der Waals surface area contributed by atoms with Crippen molar-refractivity contribution in [2.75, 3.05) is 13.2 Å². The third kappa shape index (κ3) is 9.88. The van der Waals surface area contributed by atoms with E-state index in [1.165, 1.54) is 5.56 Å². The van der Waals surface area contributed by atoms with E-state index in [1.807, 2.05) is 42.7 Å². The molecule has 2 aliphatic carbocycles. The number of hydrogen-bond donors (Lipinski definition) is 5. The van der Waals surface area contributed by atoms with Gasteiger partial charge in [-0.3, -0.25) is 9.78 Å². The van der Waals surface area contributed by atoms with Crippen LogP contribution in [0, 0.1) is 5.92 Å². The minimum Gasteiger partial charge on any atom is -0.490 e. The molecule has 2 aromatic carbocycles. The van der Waals surface area contributed by atoms with Crippen LogP contribution < -0.4 is 4.74 Å². The van der Waals surface area contributed by atoms with E-state index in [9.17, 15) is 25.2 Å². The molecule has 2 fully saturated rings. The van der Waals surface area contributed by atoms with E-state index >= 15 is 0 Å². The molecular weight excluding hydrogens is 646 g/mol. The number of carbonyl (C=O) groups excluding carboxylic acids is 1. The highest BCUT2D eigenvalue weighted by Gasteiger charge is 2.48. The van der Waals surface area contributed by atoms with Gasteiger partial charge in [-0.25, -0.2) is 0 Å². The average Bonchev–Trinajstić information content (AvgIpc) is 4.07. The largest absolute Gasteiger partial charge is 0.490 e. The minimum absolute atomic E-state index is 0.107. The normalized spacial score (nSPS) is 18.3. The first-order valence-corrected chi connectivity index (χ1v) is 17.9. The summed E-state index contributed by atoms with van der Waals surface area (Å²) in [6, 6.07) is 16.4. The molecule has 2 saturated carbocycles. The molecule has 0 saturated heterocycles. The minimum atomic E-state index is -1.64. The zero-order valence-corrected chi connectivity index (χ0v) is 29.0. The van der Waals surface area contributed by atoms with E-state index in [4.69, 9.17) is 26.2 Å². The fourth-order valence-electron chi connectivity index (χ4n) is 6.40. The van der Waals surface area contributed by atoms with Gasteiger partial charge in [0.1, 0.15) is 23.7 Å². The molecule has 49 heavy (non-hydrogen) atoms. The lowest BCUT2D eigenvalue weighted by Crippen LogP contribution is -2.45. The fourth-order valence-corrected chi connectivity index (χ4v) is 6.57. The van der Waals surface area contributed by atoms with Crippen LogP contribution in [0.4, 0.5) is 0 Å². The van der Waals surface area contributed by atoms with Crippen LogP contribution >= 0.6 is 11.6 Å². The third-order valence-electron chi connectivity index (χ3n) is 9.89. The van der Waals surface area contributed by atoms with Crippen LogP contribution in [-0.4, -0.2) is 73.9 Å². The Bertz CT molecular complexity index is 1530. The fraction of sp³-hybridized carbons (Fsp3) is 0.538. The van der Waals surface area contributed by atoms with Gasteiger partial charge < -0.3 is 35.0 Å². The number of halogens is 1. The van der Waals surface area contributed by atoms with Gasteiger partial charge in [-0.05, 0) is 79.3 Å². The molecule has 1 aromatic heterocycles. The second-order valence-electron chi connectivity index (χ2n) is 13.8. The number of aliphatic hydroxyl groups is 5.